The molecule has 0 saturated carbocycles. The molecule has 1 aliphatic rings. The number of aromatic amines is 1. The van der Waals surface area contributed by atoms with Crippen LogP contribution in [0.2, 0.25) is 0 Å². The first-order valence-electron chi connectivity index (χ1n) is 10.8. The molecule has 1 aromatic carbocycles. The second-order valence-electron chi connectivity index (χ2n) is 8.17. The van der Waals surface area contributed by atoms with Crippen molar-refractivity contribution in [3.63, 3.8) is 0 Å². The van der Waals surface area contributed by atoms with Crippen molar-refractivity contribution >= 4 is 34.6 Å². The zero-order chi connectivity index (χ0) is 24.1. The number of hydrogen-bond acceptors (Lipinski definition) is 6. The van der Waals surface area contributed by atoms with Crippen LogP contribution in [-0.2, 0) is 25.6 Å². The number of aliphatic hydroxyl groups is 1. The minimum Gasteiger partial charge on any atom is -0.480 e. The summed E-state index contributed by atoms with van der Waals surface area (Å²) >= 11 is 0. The summed E-state index contributed by atoms with van der Waals surface area (Å²) in [5.74, 6) is -2.89. The Balaban J connectivity index is 1.67. The SMILES string of the molecule is CC(NC(=O)C(N)CO)C(=O)N1CCCC1C(=O)NC(Cc1c[nH]c2ccccc12)C(=O)O. The van der Waals surface area contributed by atoms with Crippen LogP contribution in [0.1, 0.15) is 25.3 Å². The minimum absolute atomic E-state index is 0.0806. The predicted octanol–water partition coefficient (Wildman–Crippen LogP) is -0.905. The number of para-hydroxylation sites is 1. The molecular formula is C22H29N5O6. The lowest BCUT2D eigenvalue weighted by Gasteiger charge is -2.28. The summed E-state index contributed by atoms with van der Waals surface area (Å²) in [5, 5.41) is 24.5. The Hall–Kier alpha value is -3.44. The Labute approximate surface area is 190 Å². The van der Waals surface area contributed by atoms with Gasteiger partial charge >= 0.3 is 5.97 Å². The van der Waals surface area contributed by atoms with Crippen LogP contribution in [0, 0.1) is 0 Å². The van der Waals surface area contributed by atoms with Gasteiger partial charge in [-0.05, 0) is 31.4 Å². The van der Waals surface area contributed by atoms with Crippen LogP contribution >= 0.6 is 0 Å². The quantitative estimate of drug-likeness (QED) is 0.281. The summed E-state index contributed by atoms with van der Waals surface area (Å²) in [6, 6.07) is 3.35. The molecule has 0 aliphatic carbocycles. The Morgan fingerprint density at radius 1 is 1.24 bits per heavy atom. The van der Waals surface area contributed by atoms with Gasteiger partial charge in [0.1, 0.15) is 24.2 Å². The molecule has 1 fully saturated rings. The maximum Gasteiger partial charge on any atom is 0.326 e. The number of nitrogens with two attached hydrogens (primary N) is 1. The Morgan fingerprint density at radius 2 is 1.97 bits per heavy atom. The highest BCUT2D eigenvalue weighted by molar-refractivity contribution is 5.94. The average Bonchev–Trinajstić information content (AvgIpc) is 3.45. The summed E-state index contributed by atoms with van der Waals surface area (Å²) in [6.45, 7) is 1.21. The van der Waals surface area contributed by atoms with Crippen LogP contribution in [0.3, 0.4) is 0 Å². The second-order valence-corrected chi connectivity index (χ2v) is 8.17. The number of aromatic nitrogens is 1. The third-order valence-electron chi connectivity index (χ3n) is 5.81. The summed E-state index contributed by atoms with van der Waals surface area (Å²) in [5.41, 5.74) is 7.08. The van der Waals surface area contributed by atoms with Gasteiger partial charge in [-0.15, -0.1) is 0 Å². The van der Waals surface area contributed by atoms with Gasteiger partial charge in [0.25, 0.3) is 0 Å². The highest BCUT2D eigenvalue weighted by atomic mass is 16.4. The molecule has 33 heavy (non-hydrogen) atoms. The normalized spacial score (nSPS) is 18.5. The highest BCUT2D eigenvalue weighted by Crippen LogP contribution is 2.21. The van der Waals surface area contributed by atoms with Crippen LogP contribution in [0.5, 0.6) is 0 Å². The molecule has 3 rings (SSSR count). The number of benzene rings is 1. The maximum absolute atomic E-state index is 12.9. The van der Waals surface area contributed by atoms with E-state index in [1.807, 2.05) is 24.3 Å². The van der Waals surface area contributed by atoms with E-state index in [0.29, 0.717) is 19.4 Å². The molecule has 0 radical (unpaired) electrons. The lowest BCUT2D eigenvalue weighted by atomic mass is 10.0. The minimum atomic E-state index is -1.18. The Bertz CT molecular complexity index is 1040. The standard InChI is InChI=1S/C22H29N5O6/c1-12(25-19(29)15(23)11-28)21(31)27-8-4-7-18(27)20(30)26-17(22(32)33)9-13-10-24-16-6-3-2-5-14(13)16/h2-3,5-6,10,12,15,17-18,24,28H,4,7-9,11,23H2,1H3,(H,25,29)(H,26,30)(H,32,33). The molecule has 2 heterocycles. The fourth-order valence-electron chi connectivity index (χ4n) is 4.01. The highest BCUT2D eigenvalue weighted by Gasteiger charge is 2.38. The number of hydrogen-bond donors (Lipinski definition) is 6. The van der Waals surface area contributed by atoms with Crippen LogP contribution in [0.4, 0.5) is 0 Å². The van der Waals surface area contributed by atoms with Crippen LogP contribution in [-0.4, -0.2) is 81.1 Å². The van der Waals surface area contributed by atoms with Gasteiger partial charge in [0, 0.05) is 30.1 Å². The van der Waals surface area contributed by atoms with E-state index < -0.39 is 54.5 Å². The lowest BCUT2D eigenvalue weighted by Crippen LogP contribution is -2.56. The van der Waals surface area contributed by atoms with Gasteiger partial charge in [-0.1, -0.05) is 18.2 Å². The van der Waals surface area contributed by atoms with E-state index in [4.69, 9.17) is 10.8 Å². The van der Waals surface area contributed by atoms with Crippen LogP contribution in [0.15, 0.2) is 30.5 Å². The first-order valence-corrected chi connectivity index (χ1v) is 10.8. The fourth-order valence-corrected chi connectivity index (χ4v) is 4.01. The molecule has 2 aromatic rings. The number of aliphatic carboxylic acids is 1. The van der Waals surface area contributed by atoms with Crippen molar-refractivity contribution < 1.29 is 29.4 Å². The maximum atomic E-state index is 12.9. The molecule has 3 amide bonds. The molecule has 4 unspecified atom stereocenters. The lowest BCUT2D eigenvalue weighted by molar-refractivity contribution is -0.144. The number of aliphatic hydroxyl groups excluding tert-OH is 1. The molecule has 178 valence electrons. The number of likely N-dealkylation sites (tertiary alicyclic amines) is 1. The Kier molecular flexibility index (Phi) is 7.67. The summed E-state index contributed by atoms with van der Waals surface area (Å²) < 4.78 is 0. The van der Waals surface area contributed by atoms with Crippen molar-refractivity contribution in [3.05, 3.63) is 36.0 Å². The first-order chi connectivity index (χ1) is 15.7. The van der Waals surface area contributed by atoms with Crippen molar-refractivity contribution in [3.8, 4) is 0 Å². The molecular weight excluding hydrogens is 430 g/mol. The van der Waals surface area contributed by atoms with Gasteiger partial charge in [0.2, 0.25) is 17.7 Å². The molecule has 1 aromatic heterocycles. The zero-order valence-electron chi connectivity index (χ0n) is 18.3. The number of carbonyl (C=O) groups is 4. The van der Waals surface area contributed by atoms with Gasteiger partial charge < -0.3 is 36.5 Å². The van der Waals surface area contributed by atoms with Crippen molar-refractivity contribution in [2.45, 2.75) is 50.4 Å². The van der Waals surface area contributed by atoms with E-state index in [-0.39, 0.29) is 6.42 Å². The number of amides is 3. The van der Waals surface area contributed by atoms with E-state index in [9.17, 15) is 24.3 Å². The van der Waals surface area contributed by atoms with Crippen molar-refractivity contribution in [1.82, 2.24) is 20.5 Å². The summed E-state index contributed by atoms with van der Waals surface area (Å²) in [4.78, 5) is 53.9. The van der Waals surface area contributed by atoms with E-state index in [0.717, 1.165) is 16.5 Å². The third-order valence-corrected chi connectivity index (χ3v) is 5.81. The number of carbonyl (C=O) groups excluding carboxylic acids is 3. The number of rotatable bonds is 9. The molecule has 7 N–H and O–H groups in total. The van der Waals surface area contributed by atoms with E-state index in [1.165, 1.54) is 11.8 Å². The number of carboxylic acid groups (broad SMARTS) is 1. The predicted molar refractivity (Wildman–Crippen MR) is 119 cm³/mol. The van der Waals surface area contributed by atoms with Gasteiger partial charge in [-0.3, -0.25) is 14.4 Å². The number of carboxylic acids is 1. The van der Waals surface area contributed by atoms with E-state index in [1.54, 1.807) is 6.20 Å². The number of H-pyrrole nitrogens is 1. The monoisotopic (exact) mass is 459 g/mol. The van der Waals surface area contributed by atoms with Crippen LogP contribution in [0.25, 0.3) is 10.9 Å². The largest absolute Gasteiger partial charge is 0.480 e. The smallest absolute Gasteiger partial charge is 0.326 e. The summed E-state index contributed by atoms with van der Waals surface area (Å²) in [6.07, 6.45) is 2.76. The van der Waals surface area contributed by atoms with E-state index in [2.05, 4.69) is 15.6 Å². The average molecular weight is 460 g/mol. The fraction of sp³-hybridized carbons (Fsp3) is 0.455. The molecule has 0 bridgehead atoms. The molecule has 1 aliphatic heterocycles. The van der Waals surface area contributed by atoms with Crippen molar-refractivity contribution in [2.24, 2.45) is 5.73 Å². The van der Waals surface area contributed by atoms with Gasteiger partial charge in [0.05, 0.1) is 6.61 Å². The summed E-state index contributed by atoms with van der Waals surface area (Å²) in [7, 11) is 0. The van der Waals surface area contributed by atoms with Gasteiger partial charge in [-0.25, -0.2) is 4.79 Å². The second kappa shape index (κ2) is 10.5. The topological polar surface area (TPSA) is 178 Å². The molecule has 0 spiro atoms. The van der Waals surface area contributed by atoms with E-state index >= 15 is 0 Å². The molecule has 1 saturated heterocycles. The molecule has 4 atom stereocenters. The van der Waals surface area contributed by atoms with Crippen molar-refractivity contribution in [1.29, 1.82) is 0 Å². The van der Waals surface area contributed by atoms with Gasteiger partial charge in [-0.2, -0.15) is 0 Å². The number of fused-ring (bicyclic) bond motifs is 1. The Morgan fingerprint density at radius 3 is 2.67 bits per heavy atom. The zero-order valence-corrected chi connectivity index (χ0v) is 18.3. The van der Waals surface area contributed by atoms with Crippen molar-refractivity contribution in [2.75, 3.05) is 13.2 Å². The number of nitrogens with zero attached hydrogens (tertiary/aromatic N) is 1. The third kappa shape index (κ3) is 5.49. The van der Waals surface area contributed by atoms with Gasteiger partial charge in [0.15, 0.2) is 0 Å². The number of nitrogens with one attached hydrogen (secondary N) is 3. The van der Waals surface area contributed by atoms with Crippen LogP contribution < -0.4 is 16.4 Å². The molecule has 11 heteroatoms. The molecule has 11 nitrogen and oxygen atoms in total. The first kappa shape index (κ1) is 24.2.